The first-order valence-corrected chi connectivity index (χ1v) is 11.1. The fourth-order valence-corrected chi connectivity index (χ4v) is 4.88. The van der Waals surface area contributed by atoms with Gasteiger partial charge in [-0.2, -0.15) is 0 Å². The Hall–Kier alpha value is -1.74. The lowest BCUT2D eigenvalue weighted by atomic mass is 10.1. The predicted molar refractivity (Wildman–Crippen MR) is 111 cm³/mol. The van der Waals surface area contributed by atoms with Crippen molar-refractivity contribution in [2.45, 2.75) is 53.4 Å². The second kappa shape index (κ2) is 10.3. The molecule has 0 unspecified atom stereocenters. The van der Waals surface area contributed by atoms with Crippen LogP contribution >= 0.6 is 0 Å². The molecule has 136 valence electrons. The Morgan fingerprint density at radius 2 is 1.12 bits per heavy atom. The lowest BCUT2D eigenvalue weighted by molar-refractivity contribution is 0.336. The number of hydrogen-bond donors (Lipinski definition) is 0. The van der Waals surface area contributed by atoms with Crippen molar-refractivity contribution in [3.63, 3.8) is 0 Å². The minimum absolute atomic E-state index is 0.482. The Bertz CT molecular complexity index is 610. The summed E-state index contributed by atoms with van der Waals surface area (Å²) < 4.78 is 11.6. The highest BCUT2D eigenvalue weighted by Crippen LogP contribution is 2.20. The van der Waals surface area contributed by atoms with E-state index in [1.54, 1.807) is 0 Å². The van der Waals surface area contributed by atoms with Gasteiger partial charge in [0.15, 0.2) is 0 Å². The summed E-state index contributed by atoms with van der Waals surface area (Å²) in [6, 6.07) is 13.6. The van der Waals surface area contributed by atoms with E-state index in [1.165, 1.54) is 21.5 Å². The van der Waals surface area contributed by atoms with Crippen LogP contribution in [0, 0.1) is 0 Å². The average molecular weight is 357 g/mol. The fraction of sp³-hybridized carbons (Fsp3) is 0.455. The molecule has 0 aromatic heterocycles. The van der Waals surface area contributed by atoms with Crippen LogP contribution in [0.3, 0.4) is 0 Å². The molecule has 0 amide bonds. The van der Waals surface area contributed by atoms with Gasteiger partial charge in [-0.3, -0.25) is 0 Å². The molecule has 2 aromatic rings. The number of ether oxygens (including phenoxy) is 2. The Morgan fingerprint density at radius 3 is 1.48 bits per heavy atom. The lowest BCUT2D eigenvalue weighted by Crippen LogP contribution is -2.28. The van der Waals surface area contributed by atoms with Gasteiger partial charge in [0, 0.05) is 0 Å². The van der Waals surface area contributed by atoms with E-state index in [1.807, 2.05) is 13.8 Å². The lowest BCUT2D eigenvalue weighted by Gasteiger charge is -2.13. The van der Waals surface area contributed by atoms with Crippen molar-refractivity contribution in [3.8, 4) is 11.5 Å². The van der Waals surface area contributed by atoms with Gasteiger partial charge < -0.3 is 9.47 Å². The van der Waals surface area contributed by atoms with Crippen LogP contribution in [0.4, 0.5) is 0 Å². The highest BCUT2D eigenvalue weighted by atomic mass is 28.2. The predicted octanol–water partition coefficient (Wildman–Crippen LogP) is 3.51. The van der Waals surface area contributed by atoms with E-state index in [0.717, 1.165) is 50.4 Å². The molecule has 2 rings (SSSR count). The topological polar surface area (TPSA) is 18.5 Å². The molecule has 0 saturated carbocycles. The molecule has 0 N–H and O–H groups in total. The molecule has 0 heterocycles. The normalized spacial score (nSPS) is 10.7. The molecule has 0 aliphatic carbocycles. The van der Waals surface area contributed by atoms with Crippen LogP contribution in [-0.4, -0.2) is 22.7 Å². The second-order valence-corrected chi connectivity index (χ2v) is 8.41. The van der Waals surface area contributed by atoms with Gasteiger partial charge in [0.1, 0.15) is 11.5 Å². The molecule has 0 bridgehead atoms. The Balaban J connectivity index is 2.23. The van der Waals surface area contributed by atoms with Gasteiger partial charge in [-0.25, -0.2) is 0 Å². The van der Waals surface area contributed by atoms with Gasteiger partial charge in [0.05, 0.1) is 22.7 Å². The van der Waals surface area contributed by atoms with E-state index in [9.17, 15) is 0 Å². The third-order valence-electron chi connectivity index (χ3n) is 4.30. The maximum atomic E-state index is 5.79. The molecule has 0 fully saturated rings. The number of benzene rings is 2. The van der Waals surface area contributed by atoms with Gasteiger partial charge in [-0.1, -0.05) is 61.3 Å². The zero-order chi connectivity index (χ0) is 18.1. The molecule has 0 aliphatic heterocycles. The molecule has 3 heteroatoms. The van der Waals surface area contributed by atoms with Gasteiger partial charge in [0.2, 0.25) is 0 Å². The molecule has 0 atom stereocenters. The van der Waals surface area contributed by atoms with Crippen LogP contribution in [0.2, 0.25) is 0 Å². The van der Waals surface area contributed by atoms with Crippen LogP contribution in [0.25, 0.3) is 0 Å². The van der Waals surface area contributed by atoms with Crippen molar-refractivity contribution in [1.82, 2.24) is 0 Å². The van der Waals surface area contributed by atoms with E-state index in [0.29, 0.717) is 0 Å². The van der Waals surface area contributed by atoms with Crippen molar-refractivity contribution in [2.24, 2.45) is 0 Å². The summed E-state index contributed by atoms with van der Waals surface area (Å²) in [6.45, 7) is 10.0. The van der Waals surface area contributed by atoms with E-state index < -0.39 is 9.52 Å². The third-order valence-corrected chi connectivity index (χ3v) is 5.99. The molecule has 2 nitrogen and oxygen atoms in total. The van der Waals surface area contributed by atoms with Crippen molar-refractivity contribution < 1.29 is 9.47 Å². The SMILES string of the molecule is CCCc1cc([SiH2]c2ccc(OCC)c(CCC)c2)ccc1OCC. The van der Waals surface area contributed by atoms with Crippen molar-refractivity contribution in [1.29, 1.82) is 0 Å². The summed E-state index contributed by atoms with van der Waals surface area (Å²) >= 11 is 0. The first kappa shape index (κ1) is 19.6. The Kier molecular flexibility index (Phi) is 8.06. The number of hydrogen-bond acceptors (Lipinski definition) is 2. The smallest absolute Gasteiger partial charge is 0.122 e. The molecule has 2 aromatic carbocycles. The van der Waals surface area contributed by atoms with Crippen LogP contribution < -0.4 is 19.8 Å². The van der Waals surface area contributed by atoms with Crippen LogP contribution in [0.5, 0.6) is 11.5 Å². The average Bonchev–Trinajstić information content (AvgIpc) is 2.60. The molecular formula is C22H32O2Si. The van der Waals surface area contributed by atoms with Gasteiger partial charge in [-0.15, -0.1) is 0 Å². The van der Waals surface area contributed by atoms with Crippen molar-refractivity contribution >= 4 is 19.9 Å². The largest absolute Gasteiger partial charge is 0.494 e. The summed E-state index contributed by atoms with van der Waals surface area (Å²) in [6.07, 6.45) is 4.47. The highest BCUT2D eigenvalue weighted by molar-refractivity contribution is 6.67. The standard InChI is InChI=1S/C22H32O2Si/c1-5-9-17-15-19(11-13-21(17)23-7-3)25-20-12-14-22(24-8-4)18(16-20)10-6-2/h11-16H,5-10,25H2,1-4H3. The second-order valence-electron chi connectivity index (χ2n) is 6.43. The zero-order valence-corrected chi connectivity index (χ0v) is 17.6. The Morgan fingerprint density at radius 1 is 0.680 bits per heavy atom. The first-order chi connectivity index (χ1) is 12.2. The molecular weight excluding hydrogens is 324 g/mol. The van der Waals surface area contributed by atoms with Gasteiger partial charge in [-0.05, 0) is 49.9 Å². The maximum absolute atomic E-state index is 5.79. The third kappa shape index (κ3) is 5.64. The summed E-state index contributed by atoms with van der Waals surface area (Å²) in [4.78, 5) is 0. The number of aryl methyl sites for hydroxylation is 2. The molecule has 0 radical (unpaired) electrons. The minimum atomic E-state index is -0.482. The van der Waals surface area contributed by atoms with Crippen LogP contribution in [0.1, 0.15) is 51.7 Å². The monoisotopic (exact) mass is 356 g/mol. The quantitative estimate of drug-likeness (QED) is 0.607. The summed E-state index contributed by atoms with van der Waals surface area (Å²) in [7, 11) is -0.482. The molecule has 0 aliphatic rings. The highest BCUT2D eigenvalue weighted by Gasteiger charge is 2.08. The summed E-state index contributed by atoms with van der Waals surface area (Å²) in [5.41, 5.74) is 2.71. The molecule has 0 spiro atoms. The summed E-state index contributed by atoms with van der Waals surface area (Å²) in [5, 5.41) is 2.97. The van der Waals surface area contributed by atoms with E-state index in [-0.39, 0.29) is 0 Å². The van der Waals surface area contributed by atoms with Crippen LogP contribution in [0.15, 0.2) is 36.4 Å². The van der Waals surface area contributed by atoms with Crippen LogP contribution in [-0.2, 0) is 12.8 Å². The zero-order valence-electron chi connectivity index (χ0n) is 16.2. The van der Waals surface area contributed by atoms with Gasteiger partial charge in [0.25, 0.3) is 0 Å². The molecule has 25 heavy (non-hydrogen) atoms. The van der Waals surface area contributed by atoms with Crippen molar-refractivity contribution in [3.05, 3.63) is 47.5 Å². The van der Waals surface area contributed by atoms with E-state index >= 15 is 0 Å². The summed E-state index contributed by atoms with van der Waals surface area (Å²) in [5.74, 6) is 2.11. The minimum Gasteiger partial charge on any atom is -0.494 e. The molecule has 0 saturated heterocycles. The van der Waals surface area contributed by atoms with Crippen molar-refractivity contribution in [2.75, 3.05) is 13.2 Å². The van der Waals surface area contributed by atoms with E-state index in [4.69, 9.17) is 9.47 Å². The van der Waals surface area contributed by atoms with E-state index in [2.05, 4.69) is 50.2 Å². The Labute approximate surface area is 155 Å². The first-order valence-electron chi connectivity index (χ1n) is 9.70. The maximum Gasteiger partial charge on any atom is 0.122 e. The fourth-order valence-electron chi connectivity index (χ4n) is 3.24. The van der Waals surface area contributed by atoms with Gasteiger partial charge >= 0.3 is 0 Å². The number of rotatable bonds is 10.